The Balaban J connectivity index is 1.99. The summed E-state index contributed by atoms with van der Waals surface area (Å²) >= 11 is 0. The van der Waals surface area contributed by atoms with Crippen molar-refractivity contribution in [2.45, 2.75) is 19.4 Å². The molecule has 1 heterocycles. The molecule has 1 fully saturated rings. The minimum absolute atomic E-state index is 0.0482. The summed E-state index contributed by atoms with van der Waals surface area (Å²) in [6.45, 7) is 0.640. The SMILES string of the molecule is CNCc1ccccc1N1C(=O)C2CC=CCC2C1=O. The number of allylic oxidation sites excluding steroid dienone is 2. The van der Waals surface area contributed by atoms with Crippen LogP contribution in [0.2, 0.25) is 0 Å². The fourth-order valence-corrected chi connectivity index (χ4v) is 3.11. The van der Waals surface area contributed by atoms with Gasteiger partial charge in [0.1, 0.15) is 0 Å². The summed E-state index contributed by atoms with van der Waals surface area (Å²) in [5.41, 5.74) is 1.70. The first-order valence-electron chi connectivity index (χ1n) is 6.99. The van der Waals surface area contributed by atoms with Crippen LogP contribution in [0.5, 0.6) is 0 Å². The van der Waals surface area contributed by atoms with E-state index in [0.717, 1.165) is 11.3 Å². The molecule has 1 saturated heterocycles. The van der Waals surface area contributed by atoms with E-state index in [1.165, 1.54) is 4.90 Å². The lowest BCUT2D eigenvalue weighted by Gasteiger charge is -2.18. The summed E-state index contributed by atoms with van der Waals surface area (Å²) < 4.78 is 0. The number of hydrogen-bond donors (Lipinski definition) is 1. The monoisotopic (exact) mass is 270 g/mol. The highest BCUT2D eigenvalue weighted by atomic mass is 16.2. The average molecular weight is 270 g/mol. The van der Waals surface area contributed by atoms with E-state index in [9.17, 15) is 9.59 Å². The van der Waals surface area contributed by atoms with E-state index in [-0.39, 0.29) is 23.7 Å². The number of imide groups is 1. The molecule has 1 aliphatic heterocycles. The van der Waals surface area contributed by atoms with Crippen molar-refractivity contribution in [1.82, 2.24) is 5.32 Å². The maximum Gasteiger partial charge on any atom is 0.238 e. The molecule has 104 valence electrons. The van der Waals surface area contributed by atoms with Crippen LogP contribution in [0.25, 0.3) is 0 Å². The number of carbonyl (C=O) groups is 2. The van der Waals surface area contributed by atoms with E-state index < -0.39 is 0 Å². The van der Waals surface area contributed by atoms with Gasteiger partial charge in [-0.15, -0.1) is 0 Å². The highest BCUT2D eigenvalue weighted by Gasteiger charge is 2.48. The second-order valence-corrected chi connectivity index (χ2v) is 5.33. The minimum Gasteiger partial charge on any atom is -0.316 e. The molecule has 3 rings (SSSR count). The second-order valence-electron chi connectivity index (χ2n) is 5.33. The van der Waals surface area contributed by atoms with Gasteiger partial charge in [-0.2, -0.15) is 0 Å². The quantitative estimate of drug-likeness (QED) is 0.673. The van der Waals surface area contributed by atoms with Crippen LogP contribution in [0, 0.1) is 11.8 Å². The van der Waals surface area contributed by atoms with Crippen molar-refractivity contribution in [1.29, 1.82) is 0 Å². The zero-order valence-corrected chi connectivity index (χ0v) is 11.5. The van der Waals surface area contributed by atoms with Crippen LogP contribution < -0.4 is 10.2 Å². The van der Waals surface area contributed by atoms with Crippen molar-refractivity contribution < 1.29 is 9.59 Å². The number of para-hydroxylation sites is 1. The standard InChI is InChI=1S/C16H18N2O2/c1-17-10-11-6-2-5-9-14(11)18-15(19)12-7-3-4-8-13(12)16(18)20/h2-6,9,12-13,17H,7-8,10H2,1H3. The van der Waals surface area contributed by atoms with Crippen LogP contribution in [-0.4, -0.2) is 18.9 Å². The third kappa shape index (κ3) is 1.96. The number of fused-ring (bicyclic) bond motifs is 1. The summed E-state index contributed by atoms with van der Waals surface area (Å²) in [5.74, 6) is -0.439. The van der Waals surface area contributed by atoms with Crippen molar-refractivity contribution in [3.05, 3.63) is 42.0 Å². The van der Waals surface area contributed by atoms with Crippen molar-refractivity contribution >= 4 is 17.5 Å². The Labute approximate surface area is 118 Å². The van der Waals surface area contributed by atoms with Crippen LogP contribution in [-0.2, 0) is 16.1 Å². The predicted octanol–water partition coefficient (Wildman–Crippen LogP) is 1.86. The fourth-order valence-electron chi connectivity index (χ4n) is 3.11. The molecule has 0 aromatic heterocycles. The van der Waals surface area contributed by atoms with Crippen LogP contribution >= 0.6 is 0 Å². The smallest absolute Gasteiger partial charge is 0.238 e. The van der Waals surface area contributed by atoms with E-state index in [1.54, 1.807) is 0 Å². The van der Waals surface area contributed by atoms with Gasteiger partial charge in [0.2, 0.25) is 11.8 Å². The van der Waals surface area contributed by atoms with Gasteiger partial charge in [-0.25, -0.2) is 4.90 Å². The van der Waals surface area contributed by atoms with Gasteiger partial charge in [0.05, 0.1) is 17.5 Å². The van der Waals surface area contributed by atoms with E-state index in [1.807, 2.05) is 43.5 Å². The van der Waals surface area contributed by atoms with Crippen LogP contribution in [0.4, 0.5) is 5.69 Å². The molecule has 2 aliphatic rings. The topological polar surface area (TPSA) is 49.4 Å². The second kappa shape index (κ2) is 5.21. The zero-order chi connectivity index (χ0) is 14.1. The fraction of sp³-hybridized carbons (Fsp3) is 0.375. The van der Waals surface area contributed by atoms with Gasteiger partial charge < -0.3 is 5.32 Å². The number of amides is 2. The summed E-state index contributed by atoms with van der Waals surface area (Å²) in [4.78, 5) is 26.5. The van der Waals surface area contributed by atoms with Crippen LogP contribution in [0.1, 0.15) is 18.4 Å². The van der Waals surface area contributed by atoms with Gasteiger partial charge in [0, 0.05) is 6.54 Å². The van der Waals surface area contributed by atoms with Crippen LogP contribution in [0.3, 0.4) is 0 Å². The molecular formula is C16H18N2O2. The maximum atomic E-state index is 12.6. The Hall–Kier alpha value is -1.94. The predicted molar refractivity (Wildman–Crippen MR) is 77.1 cm³/mol. The highest BCUT2D eigenvalue weighted by Crippen LogP contribution is 2.38. The average Bonchev–Trinajstić information content (AvgIpc) is 2.73. The normalized spacial score (nSPS) is 25.1. The molecule has 1 aliphatic carbocycles. The number of anilines is 1. The molecule has 0 bridgehead atoms. The molecule has 2 unspecified atom stereocenters. The van der Waals surface area contributed by atoms with E-state index >= 15 is 0 Å². The molecule has 1 aromatic carbocycles. The first-order chi connectivity index (χ1) is 9.74. The van der Waals surface area contributed by atoms with Gasteiger partial charge in [0.25, 0.3) is 0 Å². The van der Waals surface area contributed by atoms with Crippen LogP contribution in [0.15, 0.2) is 36.4 Å². The number of nitrogens with zero attached hydrogens (tertiary/aromatic N) is 1. The minimum atomic E-state index is -0.171. The van der Waals surface area contributed by atoms with Gasteiger partial charge >= 0.3 is 0 Å². The third-order valence-electron chi connectivity index (χ3n) is 4.11. The first-order valence-corrected chi connectivity index (χ1v) is 6.99. The summed E-state index contributed by atoms with van der Waals surface area (Å²) in [6.07, 6.45) is 5.38. The van der Waals surface area contributed by atoms with Gasteiger partial charge in [-0.1, -0.05) is 30.4 Å². The van der Waals surface area contributed by atoms with Gasteiger partial charge in [-0.05, 0) is 31.5 Å². The Morgan fingerprint density at radius 1 is 1.10 bits per heavy atom. The van der Waals surface area contributed by atoms with Gasteiger partial charge in [0.15, 0.2) is 0 Å². The van der Waals surface area contributed by atoms with E-state index in [0.29, 0.717) is 19.4 Å². The lowest BCUT2D eigenvalue weighted by molar-refractivity contribution is -0.122. The third-order valence-corrected chi connectivity index (χ3v) is 4.11. The highest BCUT2D eigenvalue weighted by molar-refractivity contribution is 6.22. The summed E-state index contributed by atoms with van der Waals surface area (Å²) in [5, 5.41) is 3.08. The molecule has 20 heavy (non-hydrogen) atoms. The maximum absolute atomic E-state index is 12.6. The summed E-state index contributed by atoms with van der Waals surface area (Å²) in [6, 6.07) is 7.60. The van der Waals surface area contributed by atoms with E-state index in [4.69, 9.17) is 0 Å². The molecule has 0 saturated carbocycles. The number of carbonyl (C=O) groups excluding carboxylic acids is 2. The van der Waals surface area contributed by atoms with E-state index in [2.05, 4.69) is 5.32 Å². The van der Waals surface area contributed by atoms with Crippen molar-refractivity contribution in [3.8, 4) is 0 Å². The number of rotatable bonds is 3. The molecule has 0 spiro atoms. The first kappa shape index (κ1) is 13.1. The van der Waals surface area contributed by atoms with Crippen molar-refractivity contribution in [2.75, 3.05) is 11.9 Å². The van der Waals surface area contributed by atoms with Gasteiger partial charge in [-0.3, -0.25) is 9.59 Å². The molecular weight excluding hydrogens is 252 g/mol. The number of hydrogen-bond acceptors (Lipinski definition) is 3. The molecule has 2 atom stereocenters. The molecule has 1 N–H and O–H groups in total. The Kier molecular flexibility index (Phi) is 3.40. The molecule has 2 amide bonds. The summed E-state index contributed by atoms with van der Waals surface area (Å²) in [7, 11) is 1.86. The molecule has 4 heteroatoms. The molecule has 0 radical (unpaired) electrons. The lowest BCUT2D eigenvalue weighted by atomic mass is 9.85. The lowest BCUT2D eigenvalue weighted by Crippen LogP contribution is -2.32. The Bertz CT molecular complexity index is 554. The number of nitrogens with one attached hydrogen (secondary N) is 1. The zero-order valence-electron chi connectivity index (χ0n) is 11.5. The van der Waals surface area contributed by atoms with Crippen molar-refractivity contribution in [3.63, 3.8) is 0 Å². The number of benzene rings is 1. The molecule has 4 nitrogen and oxygen atoms in total. The van der Waals surface area contributed by atoms with Crippen molar-refractivity contribution in [2.24, 2.45) is 11.8 Å². The Morgan fingerprint density at radius 3 is 2.30 bits per heavy atom. The largest absolute Gasteiger partial charge is 0.316 e. The molecule has 1 aromatic rings. The Morgan fingerprint density at radius 2 is 1.70 bits per heavy atom.